The van der Waals surface area contributed by atoms with E-state index >= 15 is 0 Å². The fourth-order valence-corrected chi connectivity index (χ4v) is 5.18. The fraction of sp³-hybridized carbons (Fsp3) is 0.167. The van der Waals surface area contributed by atoms with Crippen LogP contribution in [0.25, 0.3) is 33.4 Å². The minimum Gasteiger partial charge on any atom is -0.206 e. The molecule has 0 N–H and O–H groups in total. The van der Waals surface area contributed by atoms with E-state index in [0.29, 0.717) is 5.56 Å². The Kier molecular flexibility index (Phi) is 8.23. The van der Waals surface area contributed by atoms with Crippen molar-refractivity contribution < 1.29 is 4.39 Å². The molecule has 5 aromatic rings. The first-order valence-corrected chi connectivity index (χ1v) is 13.3. The molecule has 0 saturated heterocycles. The summed E-state index contributed by atoms with van der Waals surface area (Å²) in [5.41, 5.74) is 8.03. The van der Waals surface area contributed by atoms with Crippen molar-refractivity contribution in [1.82, 2.24) is 0 Å². The van der Waals surface area contributed by atoms with Crippen LogP contribution in [0.1, 0.15) is 43.6 Å². The average Bonchev–Trinajstić information content (AvgIpc) is 2.99. The molecule has 0 nitrogen and oxygen atoms in total. The first-order valence-electron chi connectivity index (χ1n) is 13.3. The lowest BCUT2D eigenvalue weighted by Gasteiger charge is -2.22. The number of rotatable bonds is 4. The highest BCUT2D eigenvalue weighted by Gasteiger charge is 2.15. The Hall–Kier alpha value is -3.97. The van der Waals surface area contributed by atoms with Gasteiger partial charge >= 0.3 is 0 Å². The Bertz CT molecular complexity index is 1360. The van der Waals surface area contributed by atoms with E-state index in [1.165, 1.54) is 60.4 Å². The maximum atomic E-state index is 13.7. The van der Waals surface area contributed by atoms with Gasteiger partial charge in [-0.1, -0.05) is 147 Å². The van der Waals surface area contributed by atoms with E-state index in [9.17, 15) is 4.39 Å². The summed E-state index contributed by atoms with van der Waals surface area (Å²) < 4.78 is 13.7. The van der Waals surface area contributed by atoms with Gasteiger partial charge in [-0.05, 0) is 58.2 Å². The Balaban J connectivity index is 0.000000152. The first kappa shape index (κ1) is 24.7. The summed E-state index contributed by atoms with van der Waals surface area (Å²) in [5, 5.41) is 0. The van der Waals surface area contributed by atoms with E-state index in [1.807, 2.05) is 48.5 Å². The van der Waals surface area contributed by atoms with Crippen LogP contribution in [0.15, 0.2) is 133 Å². The van der Waals surface area contributed by atoms with E-state index in [1.54, 1.807) is 12.1 Å². The van der Waals surface area contributed by atoms with E-state index in [0.717, 1.165) is 17.0 Å². The summed E-state index contributed by atoms with van der Waals surface area (Å²) in [5.74, 6) is 0.624. The van der Waals surface area contributed by atoms with Crippen molar-refractivity contribution in [2.45, 2.75) is 38.0 Å². The maximum Gasteiger partial charge on any atom is 0.131 e. The topological polar surface area (TPSA) is 0 Å². The second-order valence-electron chi connectivity index (χ2n) is 9.75. The lowest BCUT2D eigenvalue weighted by atomic mass is 9.84. The molecule has 0 aromatic heterocycles. The van der Waals surface area contributed by atoms with Crippen LogP contribution in [0.3, 0.4) is 0 Å². The van der Waals surface area contributed by atoms with Crippen LogP contribution in [0, 0.1) is 5.82 Å². The summed E-state index contributed by atoms with van der Waals surface area (Å²) in [7, 11) is 0. The van der Waals surface area contributed by atoms with Crippen molar-refractivity contribution in [3.8, 4) is 33.4 Å². The van der Waals surface area contributed by atoms with Gasteiger partial charge in [0.15, 0.2) is 0 Å². The summed E-state index contributed by atoms with van der Waals surface area (Å²) in [6.07, 6.45) is 7.00. The second-order valence-corrected chi connectivity index (χ2v) is 9.75. The summed E-state index contributed by atoms with van der Waals surface area (Å²) in [6, 6.07) is 44.8. The summed E-state index contributed by atoms with van der Waals surface area (Å²) in [6.45, 7) is 0. The van der Waals surface area contributed by atoms with E-state index in [4.69, 9.17) is 0 Å². The minimum absolute atomic E-state index is 0.185. The molecule has 1 heteroatoms. The number of hydrogen-bond acceptors (Lipinski definition) is 0. The number of halogens is 1. The molecular formula is C36H33F. The van der Waals surface area contributed by atoms with Gasteiger partial charge in [0.05, 0.1) is 0 Å². The molecule has 0 bridgehead atoms. The number of hydrogen-bond donors (Lipinski definition) is 0. The van der Waals surface area contributed by atoms with Crippen molar-refractivity contribution in [1.29, 1.82) is 0 Å². The van der Waals surface area contributed by atoms with Crippen LogP contribution >= 0.6 is 0 Å². The Morgan fingerprint density at radius 3 is 1.38 bits per heavy atom. The van der Waals surface area contributed by atoms with Crippen molar-refractivity contribution in [3.63, 3.8) is 0 Å². The molecular weight excluding hydrogens is 451 g/mol. The molecule has 0 amide bonds. The van der Waals surface area contributed by atoms with Crippen LogP contribution in [0.4, 0.5) is 4.39 Å². The zero-order valence-corrected chi connectivity index (χ0v) is 21.2. The molecule has 37 heavy (non-hydrogen) atoms. The van der Waals surface area contributed by atoms with Crippen LogP contribution < -0.4 is 0 Å². The van der Waals surface area contributed by atoms with Gasteiger partial charge < -0.3 is 0 Å². The van der Waals surface area contributed by atoms with Gasteiger partial charge in [0.1, 0.15) is 5.82 Å². The smallest absolute Gasteiger partial charge is 0.131 e. The molecule has 0 heterocycles. The molecule has 5 aromatic carbocycles. The van der Waals surface area contributed by atoms with Crippen LogP contribution in [-0.4, -0.2) is 0 Å². The average molecular weight is 485 g/mol. The third kappa shape index (κ3) is 6.43. The molecule has 1 saturated carbocycles. The van der Waals surface area contributed by atoms with Crippen LogP contribution in [-0.2, 0) is 0 Å². The predicted molar refractivity (Wildman–Crippen MR) is 155 cm³/mol. The highest BCUT2D eigenvalue weighted by molar-refractivity contribution is 5.70. The highest BCUT2D eigenvalue weighted by Crippen LogP contribution is 2.33. The molecule has 0 spiro atoms. The highest BCUT2D eigenvalue weighted by atomic mass is 19.1. The van der Waals surface area contributed by atoms with Crippen molar-refractivity contribution in [2.24, 2.45) is 0 Å². The maximum absolute atomic E-state index is 13.7. The van der Waals surface area contributed by atoms with Crippen LogP contribution in [0.5, 0.6) is 0 Å². The van der Waals surface area contributed by atoms with E-state index < -0.39 is 0 Å². The van der Waals surface area contributed by atoms with Crippen molar-refractivity contribution in [2.75, 3.05) is 0 Å². The Morgan fingerprint density at radius 1 is 0.405 bits per heavy atom. The molecule has 1 fully saturated rings. The zero-order valence-electron chi connectivity index (χ0n) is 21.2. The molecule has 1 aliphatic rings. The summed E-state index contributed by atoms with van der Waals surface area (Å²) >= 11 is 0. The molecule has 1 aliphatic carbocycles. The third-order valence-electron chi connectivity index (χ3n) is 7.27. The fourth-order valence-electron chi connectivity index (χ4n) is 5.18. The van der Waals surface area contributed by atoms with Gasteiger partial charge in [-0.25, -0.2) is 4.39 Å². The third-order valence-corrected chi connectivity index (χ3v) is 7.27. The van der Waals surface area contributed by atoms with Crippen molar-refractivity contribution in [3.05, 3.63) is 145 Å². The first-order chi connectivity index (χ1) is 18.3. The minimum atomic E-state index is -0.185. The lowest BCUT2D eigenvalue weighted by Crippen LogP contribution is -2.04. The molecule has 0 aliphatic heterocycles. The molecule has 0 radical (unpaired) electrons. The normalized spacial score (nSPS) is 13.4. The van der Waals surface area contributed by atoms with Crippen LogP contribution in [0.2, 0.25) is 0 Å². The summed E-state index contributed by atoms with van der Waals surface area (Å²) in [4.78, 5) is 0. The predicted octanol–water partition coefficient (Wildman–Crippen LogP) is 10.6. The largest absolute Gasteiger partial charge is 0.206 e. The number of benzene rings is 5. The molecule has 0 unspecified atom stereocenters. The monoisotopic (exact) mass is 484 g/mol. The van der Waals surface area contributed by atoms with E-state index in [-0.39, 0.29) is 5.82 Å². The van der Waals surface area contributed by atoms with E-state index in [2.05, 4.69) is 66.7 Å². The van der Waals surface area contributed by atoms with Gasteiger partial charge in [0, 0.05) is 5.56 Å². The van der Waals surface area contributed by atoms with Gasteiger partial charge in [-0.2, -0.15) is 0 Å². The SMILES string of the molecule is Fc1ccccc1-c1ccc(-c2ccccc2)cc1.c1ccc(-c2ccc(C3CCCCC3)cc2)cc1. The second kappa shape index (κ2) is 12.3. The lowest BCUT2D eigenvalue weighted by molar-refractivity contribution is 0.443. The molecule has 0 atom stereocenters. The Morgan fingerprint density at radius 2 is 0.838 bits per heavy atom. The molecule has 184 valence electrons. The van der Waals surface area contributed by atoms with Gasteiger partial charge in [-0.15, -0.1) is 0 Å². The Labute approximate surface area is 220 Å². The van der Waals surface area contributed by atoms with Crippen molar-refractivity contribution >= 4 is 0 Å². The standard InChI is InChI=1S/C18H13F.C18H20/c19-18-9-5-4-8-17(18)16-12-10-15(11-13-16)14-6-2-1-3-7-14;1-3-7-15(8-4-1)17-11-13-18(14-12-17)16-9-5-2-6-10-16/h1-13H;1,3-4,7-8,11-14,16H,2,5-6,9-10H2. The van der Waals surface area contributed by atoms with Gasteiger partial charge in [0.2, 0.25) is 0 Å². The zero-order chi connectivity index (χ0) is 25.3. The van der Waals surface area contributed by atoms with Gasteiger partial charge in [0.25, 0.3) is 0 Å². The quantitative estimate of drug-likeness (QED) is 0.238. The van der Waals surface area contributed by atoms with Gasteiger partial charge in [-0.3, -0.25) is 0 Å². The molecule has 6 rings (SSSR count).